The molecular weight excluding hydrogens is 593 g/mol. The van der Waals surface area contributed by atoms with E-state index in [1.54, 1.807) is 0 Å². The topological polar surface area (TPSA) is 31.6 Å². The monoisotopic (exact) mass is 634 g/mol. The lowest BCUT2D eigenvalue weighted by atomic mass is 9.64. The summed E-state index contributed by atoms with van der Waals surface area (Å²) in [6.45, 7) is 4.64. The fourth-order valence-corrected chi connectivity index (χ4v) is 8.45. The molecule has 240 valence electrons. The molecule has 49 heavy (non-hydrogen) atoms. The predicted octanol–water partition coefficient (Wildman–Crippen LogP) is 10.8. The van der Waals surface area contributed by atoms with E-state index in [2.05, 4.69) is 218 Å². The lowest BCUT2D eigenvalue weighted by Gasteiger charge is -2.39. The van der Waals surface area contributed by atoms with Crippen molar-refractivity contribution < 1.29 is 0 Å². The van der Waals surface area contributed by atoms with Crippen molar-refractivity contribution in [3.63, 3.8) is 0 Å². The number of hydrogen-bond acceptors (Lipinski definition) is 0. The van der Waals surface area contributed by atoms with Crippen molar-refractivity contribution in [2.75, 3.05) is 0 Å². The number of allylic oxidation sites excluding steroid dienone is 8. The van der Waals surface area contributed by atoms with Crippen molar-refractivity contribution in [2.45, 2.75) is 30.1 Å². The molecule has 0 spiro atoms. The number of H-pyrrole nitrogens is 2. The zero-order valence-corrected chi connectivity index (χ0v) is 28.1. The van der Waals surface area contributed by atoms with Gasteiger partial charge in [0.2, 0.25) is 0 Å². The highest BCUT2D eigenvalue weighted by Crippen LogP contribution is 2.50. The summed E-state index contributed by atoms with van der Waals surface area (Å²) in [5.74, 6) is 0.322. The van der Waals surface area contributed by atoms with Gasteiger partial charge in [-0.3, -0.25) is 0 Å². The van der Waals surface area contributed by atoms with Gasteiger partial charge in [-0.05, 0) is 60.4 Å². The van der Waals surface area contributed by atoms with Gasteiger partial charge in [-0.15, -0.1) is 0 Å². The Balaban J connectivity index is 1.27. The smallest absolute Gasteiger partial charge is 0.0699 e. The van der Waals surface area contributed by atoms with Crippen LogP contribution in [-0.2, 0) is 16.2 Å². The zero-order chi connectivity index (χ0) is 33.3. The van der Waals surface area contributed by atoms with E-state index in [0.29, 0.717) is 0 Å². The third kappa shape index (κ3) is 4.94. The highest BCUT2D eigenvalue weighted by Gasteiger charge is 2.46. The van der Waals surface area contributed by atoms with Gasteiger partial charge >= 0.3 is 0 Å². The fraction of sp³-hybridized carbons (Fsp3) is 0.149. The Bertz CT molecular complexity index is 1880. The second-order valence-corrected chi connectivity index (χ2v) is 13.9. The summed E-state index contributed by atoms with van der Waals surface area (Å²) in [7, 11) is 0. The van der Waals surface area contributed by atoms with Gasteiger partial charge < -0.3 is 9.97 Å². The molecule has 2 N–H and O–H groups in total. The van der Waals surface area contributed by atoms with Crippen LogP contribution in [0.15, 0.2) is 194 Å². The summed E-state index contributed by atoms with van der Waals surface area (Å²) in [5, 5.41) is 0. The van der Waals surface area contributed by atoms with E-state index in [0.717, 1.165) is 0 Å². The fourth-order valence-electron chi connectivity index (χ4n) is 8.45. The highest BCUT2D eigenvalue weighted by molar-refractivity contribution is 5.56. The van der Waals surface area contributed by atoms with Crippen molar-refractivity contribution >= 4 is 0 Å². The number of rotatable bonds is 10. The maximum absolute atomic E-state index is 4.02. The molecule has 4 aromatic carbocycles. The van der Waals surface area contributed by atoms with Crippen molar-refractivity contribution in [3.05, 3.63) is 239 Å². The minimum atomic E-state index is -0.418. The number of nitrogens with one attached hydrogen (secondary N) is 2. The largest absolute Gasteiger partial charge is 0.360 e. The van der Waals surface area contributed by atoms with E-state index in [-0.39, 0.29) is 17.3 Å². The van der Waals surface area contributed by atoms with Crippen LogP contribution in [-0.4, -0.2) is 9.97 Å². The normalized spacial score (nSPS) is 15.1. The second-order valence-electron chi connectivity index (χ2n) is 13.9. The molecule has 0 bridgehead atoms. The quantitative estimate of drug-likeness (QED) is 0.150. The van der Waals surface area contributed by atoms with Crippen LogP contribution >= 0.6 is 0 Å². The Labute approximate surface area is 290 Å². The van der Waals surface area contributed by atoms with E-state index in [1.165, 1.54) is 45.0 Å². The van der Waals surface area contributed by atoms with Crippen LogP contribution in [0.5, 0.6) is 0 Å². The maximum Gasteiger partial charge on any atom is 0.0699 e. The molecular formula is C47H42N2. The van der Waals surface area contributed by atoms with Gasteiger partial charge in [-0.1, -0.05) is 170 Å². The lowest BCUT2D eigenvalue weighted by Crippen LogP contribution is -2.37. The Hall–Kier alpha value is -5.60. The van der Waals surface area contributed by atoms with Crippen LogP contribution in [0.25, 0.3) is 0 Å². The molecule has 0 atom stereocenters. The molecule has 2 aliphatic carbocycles. The third-order valence-corrected chi connectivity index (χ3v) is 11.0. The van der Waals surface area contributed by atoms with E-state index in [9.17, 15) is 0 Å². The average molecular weight is 635 g/mol. The first-order valence-corrected chi connectivity index (χ1v) is 17.4. The van der Waals surface area contributed by atoms with Crippen LogP contribution in [0, 0.1) is 11.8 Å². The van der Waals surface area contributed by atoms with Crippen LogP contribution in [0.3, 0.4) is 0 Å². The van der Waals surface area contributed by atoms with E-state index >= 15 is 0 Å². The van der Waals surface area contributed by atoms with Gasteiger partial charge in [0.15, 0.2) is 0 Å². The van der Waals surface area contributed by atoms with E-state index in [1.807, 2.05) is 0 Å². The van der Waals surface area contributed by atoms with Gasteiger partial charge in [0, 0.05) is 40.0 Å². The SMILES string of the molecule is CC(C)(c1ccc(C(c2ccccc2)(c2ccccc2)C2C=CC=C2)[nH]1)c1ccc(C(c2ccccc2)(c2ccccc2)C2C=CC=C2)[nH]1. The molecule has 0 amide bonds. The average Bonchev–Trinajstić information content (AvgIpc) is 4.00. The minimum absolute atomic E-state index is 0.161. The third-order valence-electron chi connectivity index (χ3n) is 11.0. The summed E-state index contributed by atoms with van der Waals surface area (Å²) >= 11 is 0. The molecule has 2 aliphatic rings. The first-order valence-electron chi connectivity index (χ1n) is 17.4. The summed E-state index contributed by atoms with van der Waals surface area (Å²) in [5.41, 5.74) is 8.61. The van der Waals surface area contributed by atoms with Crippen LogP contribution in [0.1, 0.15) is 58.9 Å². The molecule has 0 saturated heterocycles. The summed E-state index contributed by atoms with van der Waals surface area (Å²) < 4.78 is 0. The summed E-state index contributed by atoms with van der Waals surface area (Å²) in [4.78, 5) is 8.05. The standard InChI is InChI=1S/C47H42N2/c1-45(2,41-31-33-43(48-41)46(39-27-15-16-28-39,35-19-7-3-8-20-35)36-21-9-4-10-22-36)42-32-34-44(49-42)47(40-29-17-18-30-40,37-23-11-5-12-24-37)38-25-13-6-14-26-38/h3-34,39-40,48-49H,1-2H3. The first-order chi connectivity index (χ1) is 24.1. The lowest BCUT2D eigenvalue weighted by molar-refractivity contribution is 0.503. The first kappa shape index (κ1) is 30.7. The molecule has 2 heterocycles. The van der Waals surface area contributed by atoms with Gasteiger partial charge in [0.1, 0.15) is 0 Å². The maximum atomic E-state index is 4.02. The predicted molar refractivity (Wildman–Crippen MR) is 203 cm³/mol. The van der Waals surface area contributed by atoms with Crippen molar-refractivity contribution in [1.29, 1.82) is 0 Å². The Morgan fingerprint density at radius 3 is 0.898 bits per heavy atom. The van der Waals surface area contributed by atoms with Crippen molar-refractivity contribution in [1.82, 2.24) is 9.97 Å². The Kier molecular flexibility index (Phi) is 7.80. The van der Waals surface area contributed by atoms with Crippen LogP contribution < -0.4 is 0 Å². The molecule has 2 nitrogen and oxygen atoms in total. The molecule has 0 fully saturated rings. The molecule has 2 heteroatoms. The summed E-state index contributed by atoms with van der Waals surface area (Å²) in [6.07, 6.45) is 18.1. The Morgan fingerprint density at radius 2 is 0.612 bits per heavy atom. The number of benzene rings is 4. The minimum Gasteiger partial charge on any atom is -0.360 e. The number of hydrogen-bond donors (Lipinski definition) is 2. The van der Waals surface area contributed by atoms with Gasteiger partial charge in [-0.2, -0.15) is 0 Å². The molecule has 0 radical (unpaired) electrons. The summed E-state index contributed by atoms with van der Waals surface area (Å²) in [6, 6.07) is 53.1. The van der Waals surface area contributed by atoms with Gasteiger partial charge in [0.05, 0.1) is 10.8 Å². The molecule has 6 aromatic rings. The molecule has 2 aromatic heterocycles. The molecule has 0 aliphatic heterocycles. The van der Waals surface area contributed by atoms with Crippen LogP contribution in [0.2, 0.25) is 0 Å². The van der Waals surface area contributed by atoms with Gasteiger partial charge in [0.25, 0.3) is 0 Å². The van der Waals surface area contributed by atoms with Crippen molar-refractivity contribution in [3.8, 4) is 0 Å². The second kappa shape index (κ2) is 12.5. The number of aromatic amines is 2. The van der Waals surface area contributed by atoms with E-state index in [4.69, 9.17) is 0 Å². The van der Waals surface area contributed by atoms with E-state index < -0.39 is 10.8 Å². The highest BCUT2D eigenvalue weighted by atomic mass is 14.8. The Morgan fingerprint density at radius 1 is 0.347 bits per heavy atom. The molecule has 8 rings (SSSR count). The molecule has 0 unspecified atom stereocenters. The zero-order valence-electron chi connectivity index (χ0n) is 28.1. The van der Waals surface area contributed by atoms with Crippen LogP contribution in [0.4, 0.5) is 0 Å². The number of aromatic nitrogens is 2. The van der Waals surface area contributed by atoms with Gasteiger partial charge in [-0.25, -0.2) is 0 Å². The molecule has 0 saturated carbocycles. The van der Waals surface area contributed by atoms with Crippen molar-refractivity contribution in [2.24, 2.45) is 11.8 Å².